The highest BCUT2D eigenvalue weighted by Crippen LogP contribution is 2.27. The molecule has 0 bridgehead atoms. The van der Waals surface area contributed by atoms with Gasteiger partial charge in [0.15, 0.2) is 0 Å². The van der Waals surface area contributed by atoms with E-state index in [0.29, 0.717) is 23.6 Å². The minimum absolute atomic E-state index is 0.0496. The molecule has 4 rings (SSSR count). The zero-order valence-corrected chi connectivity index (χ0v) is 26.3. The maximum Gasteiger partial charge on any atom is 0.264 e. The quantitative estimate of drug-likeness (QED) is 0.178. The molecule has 11 heteroatoms. The normalized spacial score (nSPS) is 11.9. The van der Waals surface area contributed by atoms with Crippen molar-refractivity contribution >= 4 is 50.7 Å². The fourth-order valence-electron chi connectivity index (χ4n) is 4.61. The number of para-hydroxylation sites is 1. The molecule has 0 aromatic heterocycles. The molecule has 0 radical (unpaired) electrons. The summed E-state index contributed by atoms with van der Waals surface area (Å²) in [5, 5.41) is 3.50. The minimum Gasteiger partial charge on any atom is -0.354 e. The van der Waals surface area contributed by atoms with Crippen LogP contribution in [0.3, 0.4) is 0 Å². The number of rotatable bonds is 13. The molecule has 4 aromatic rings. The molecule has 0 aliphatic heterocycles. The average molecular weight is 657 g/mol. The summed E-state index contributed by atoms with van der Waals surface area (Å²) in [6.45, 7) is 1.64. The Bertz CT molecular complexity index is 1670. The maximum absolute atomic E-state index is 14.3. The molecule has 4 aromatic carbocycles. The highest BCUT2D eigenvalue weighted by molar-refractivity contribution is 7.92. The van der Waals surface area contributed by atoms with E-state index in [1.165, 1.54) is 4.90 Å². The summed E-state index contributed by atoms with van der Waals surface area (Å²) < 4.78 is 42.4. The second-order valence-corrected chi connectivity index (χ2v) is 12.7. The Morgan fingerprint density at radius 3 is 2.09 bits per heavy atom. The number of amides is 2. The number of sulfonamides is 1. The van der Waals surface area contributed by atoms with E-state index in [4.69, 9.17) is 23.2 Å². The first-order valence-corrected chi connectivity index (χ1v) is 16.2. The molecule has 0 saturated carbocycles. The first-order chi connectivity index (χ1) is 21.1. The third-order valence-electron chi connectivity index (χ3n) is 6.88. The van der Waals surface area contributed by atoms with E-state index in [1.54, 1.807) is 48.5 Å². The number of hydrogen-bond acceptors (Lipinski definition) is 4. The molecule has 230 valence electrons. The van der Waals surface area contributed by atoms with Gasteiger partial charge in [0.25, 0.3) is 10.0 Å². The van der Waals surface area contributed by atoms with E-state index in [9.17, 15) is 22.4 Å². The summed E-state index contributed by atoms with van der Waals surface area (Å²) in [6, 6.07) is 25.7. The molecule has 2 amide bonds. The molecular formula is C33H32Cl2FN3O4S. The molecule has 1 atom stereocenters. The molecule has 0 aliphatic rings. The van der Waals surface area contributed by atoms with Gasteiger partial charge in [0, 0.05) is 19.5 Å². The second kappa shape index (κ2) is 15.2. The first-order valence-electron chi connectivity index (χ1n) is 14.0. The van der Waals surface area contributed by atoms with Crippen LogP contribution in [-0.4, -0.2) is 44.3 Å². The zero-order chi connectivity index (χ0) is 31.7. The minimum atomic E-state index is -4.32. The Labute approximate surface area is 267 Å². The van der Waals surface area contributed by atoms with Gasteiger partial charge in [-0.25, -0.2) is 12.8 Å². The third-order valence-corrected chi connectivity index (χ3v) is 9.41. The van der Waals surface area contributed by atoms with Gasteiger partial charge in [-0.1, -0.05) is 84.7 Å². The van der Waals surface area contributed by atoms with Crippen molar-refractivity contribution in [3.05, 3.63) is 130 Å². The number of hydrogen-bond donors (Lipinski definition) is 1. The molecule has 44 heavy (non-hydrogen) atoms. The molecule has 0 spiro atoms. The summed E-state index contributed by atoms with van der Waals surface area (Å²) in [5.74, 6) is -1.60. The van der Waals surface area contributed by atoms with Crippen molar-refractivity contribution in [1.82, 2.24) is 10.2 Å². The molecule has 1 unspecified atom stereocenters. The monoisotopic (exact) mass is 655 g/mol. The number of nitrogens with zero attached hydrogens (tertiary/aromatic N) is 2. The Morgan fingerprint density at radius 2 is 1.48 bits per heavy atom. The molecule has 0 saturated heterocycles. The van der Waals surface area contributed by atoms with Crippen molar-refractivity contribution in [1.29, 1.82) is 0 Å². The van der Waals surface area contributed by atoms with Crippen LogP contribution in [0.2, 0.25) is 10.0 Å². The van der Waals surface area contributed by atoms with E-state index in [1.807, 2.05) is 37.3 Å². The highest BCUT2D eigenvalue weighted by atomic mass is 35.5. The number of anilines is 1. The van der Waals surface area contributed by atoms with Crippen LogP contribution in [0.4, 0.5) is 10.1 Å². The number of carbonyl (C=O) groups excluding carboxylic acids is 2. The van der Waals surface area contributed by atoms with E-state index in [2.05, 4.69) is 5.32 Å². The lowest BCUT2D eigenvalue weighted by Crippen LogP contribution is -2.53. The van der Waals surface area contributed by atoms with E-state index < -0.39 is 34.3 Å². The topological polar surface area (TPSA) is 86.8 Å². The number of benzene rings is 4. The summed E-state index contributed by atoms with van der Waals surface area (Å²) in [5.41, 5.74) is 1.64. The largest absolute Gasteiger partial charge is 0.354 e. The summed E-state index contributed by atoms with van der Waals surface area (Å²) >= 11 is 12.4. The van der Waals surface area contributed by atoms with Crippen LogP contribution in [0, 0.1) is 5.82 Å². The van der Waals surface area contributed by atoms with E-state index >= 15 is 0 Å². The second-order valence-electron chi connectivity index (χ2n) is 10.1. The number of carbonyl (C=O) groups is 2. The van der Waals surface area contributed by atoms with Crippen molar-refractivity contribution in [2.24, 2.45) is 0 Å². The first kappa shape index (κ1) is 33.0. The lowest BCUT2D eigenvalue weighted by atomic mass is 10.0. The standard InChI is InChI=1S/C33H32Cl2FN3O4S/c1-2-19-37-33(41)31(21-24-9-5-3-6-10-24)38(22-25-13-18-29(34)30(35)20-25)32(40)23-39(27-11-7-4-8-12-27)44(42,43)28-16-14-26(36)15-17-28/h3-18,20,31H,2,19,21-23H2,1H3,(H,37,41). The van der Waals surface area contributed by atoms with E-state index in [-0.39, 0.29) is 34.5 Å². The van der Waals surface area contributed by atoms with Gasteiger partial charge in [-0.3, -0.25) is 13.9 Å². The zero-order valence-electron chi connectivity index (χ0n) is 24.0. The van der Waals surface area contributed by atoms with Crippen molar-refractivity contribution < 1.29 is 22.4 Å². The molecular weight excluding hydrogens is 624 g/mol. The SMILES string of the molecule is CCCNC(=O)C(Cc1ccccc1)N(Cc1ccc(Cl)c(Cl)c1)C(=O)CN(c1ccccc1)S(=O)(=O)c1ccc(F)cc1. The van der Waals surface area contributed by atoms with Gasteiger partial charge in [-0.15, -0.1) is 0 Å². The fraction of sp³-hybridized carbons (Fsp3) is 0.212. The third kappa shape index (κ3) is 8.37. The fourth-order valence-corrected chi connectivity index (χ4v) is 6.35. The predicted octanol–water partition coefficient (Wildman–Crippen LogP) is 6.49. The van der Waals surface area contributed by atoms with E-state index in [0.717, 1.165) is 34.1 Å². The predicted molar refractivity (Wildman–Crippen MR) is 172 cm³/mol. The van der Waals surface area contributed by atoms with Crippen LogP contribution >= 0.6 is 23.2 Å². The van der Waals surface area contributed by atoms with Gasteiger partial charge in [0.1, 0.15) is 18.4 Å². The van der Waals surface area contributed by atoms with Gasteiger partial charge in [0.05, 0.1) is 20.6 Å². The van der Waals surface area contributed by atoms with Crippen LogP contribution in [0.5, 0.6) is 0 Å². The van der Waals surface area contributed by atoms with Gasteiger partial charge < -0.3 is 10.2 Å². The molecule has 0 fully saturated rings. The molecule has 7 nitrogen and oxygen atoms in total. The highest BCUT2D eigenvalue weighted by Gasteiger charge is 2.34. The summed E-state index contributed by atoms with van der Waals surface area (Å²) in [4.78, 5) is 29.2. The number of nitrogens with one attached hydrogen (secondary N) is 1. The lowest BCUT2D eigenvalue weighted by Gasteiger charge is -2.34. The van der Waals surface area contributed by atoms with Crippen molar-refractivity contribution in [2.45, 2.75) is 37.2 Å². The average Bonchev–Trinajstić information content (AvgIpc) is 3.03. The van der Waals surface area contributed by atoms with Gasteiger partial charge in [-0.05, 0) is 66.1 Å². The molecule has 0 heterocycles. The Hall–Kier alpha value is -3.92. The Morgan fingerprint density at radius 1 is 0.841 bits per heavy atom. The van der Waals surface area contributed by atoms with Crippen LogP contribution in [0.1, 0.15) is 24.5 Å². The van der Waals surface area contributed by atoms with Crippen LogP contribution in [-0.2, 0) is 32.6 Å². The van der Waals surface area contributed by atoms with Crippen molar-refractivity contribution in [3.8, 4) is 0 Å². The van der Waals surface area contributed by atoms with Crippen molar-refractivity contribution in [3.63, 3.8) is 0 Å². The Kier molecular flexibility index (Phi) is 11.4. The summed E-state index contributed by atoms with van der Waals surface area (Å²) in [7, 11) is -4.32. The van der Waals surface area contributed by atoms with Crippen LogP contribution in [0.25, 0.3) is 0 Å². The molecule has 1 N–H and O–H groups in total. The summed E-state index contributed by atoms with van der Waals surface area (Å²) in [6.07, 6.45) is 0.863. The van der Waals surface area contributed by atoms with Gasteiger partial charge in [-0.2, -0.15) is 0 Å². The van der Waals surface area contributed by atoms with Gasteiger partial charge in [0.2, 0.25) is 11.8 Å². The smallest absolute Gasteiger partial charge is 0.264 e. The van der Waals surface area contributed by atoms with Crippen molar-refractivity contribution in [2.75, 3.05) is 17.4 Å². The lowest BCUT2D eigenvalue weighted by molar-refractivity contribution is -0.140. The van der Waals surface area contributed by atoms with Crippen LogP contribution < -0.4 is 9.62 Å². The number of halogens is 3. The Balaban J connectivity index is 1.79. The van der Waals surface area contributed by atoms with Crippen LogP contribution in [0.15, 0.2) is 108 Å². The maximum atomic E-state index is 14.3. The molecule has 0 aliphatic carbocycles. The van der Waals surface area contributed by atoms with Gasteiger partial charge >= 0.3 is 0 Å².